The van der Waals surface area contributed by atoms with E-state index >= 15 is 0 Å². The molecular weight excluding hydrogens is 531 g/mol. The first-order chi connectivity index (χ1) is 19.3. The number of rotatable bonds is 29. The molecule has 0 aromatic rings. The van der Waals surface area contributed by atoms with Crippen LogP contribution in [0, 0.1) is 0 Å². The van der Waals surface area contributed by atoms with Crippen molar-refractivity contribution in [2.75, 3.05) is 13.2 Å². The van der Waals surface area contributed by atoms with Gasteiger partial charge in [-0.25, -0.2) is 4.57 Å². The SMILES string of the molecule is CCCCCCCCC/C=C\CCCCCCCCCC(=O)OC(COC(=O)CCCCCC)COP(=O)(O)O. The summed E-state index contributed by atoms with van der Waals surface area (Å²) < 4.78 is 25.9. The van der Waals surface area contributed by atoms with Crippen molar-refractivity contribution in [2.24, 2.45) is 0 Å². The van der Waals surface area contributed by atoms with Gasteiger partial charge >= 0.3 is 19.8 Å². The Balaban J connectivity index is 3.86. The van der Waals surface area contributed by atoms with Gasteiger partial charge in [0.25, 0.3) is 0 Å². The van der Waals surface area contributed by atoms with E-state index in [1.807, 2.05) is 0 Å². The molecule has 0 aliphatic carbocycles. The molecule has 1 atom stereocenters. The minimum absolute atomic E-state index is 0.209. The van der Waals surface area contributed by atoms with Crippen molar-refractivity contribution in [1.82, 2.24) is 0 Å². The number of carbonyl (C=O) groups is 2. The standard InChI is InChI=1S/C31H59O8P/c1-3-5-7-9-10-11-12-13-14-15-16-17-18-19-20-21-22-24-26-31(33)39-29(28-38-40(34,35)36)27-37-30(32)25-23-8-6-4-2/h14-15,29H,3-13,16-28H2,1-2H3,(H2,34,35,36)/b15-14-. The molecule has 0 aliphatic heterocycles. The summed E-state index contributed by atoms with van der Waals surface area (Å²) in [5.74, 6) is -0.908. The zero-order chi connectivity index (χ0) is 29.7. The van der Waals surface area contributed by atoms with Crippen LogP contribution in [0.25, 0.3) is 0 Å². The fourth-order valence-electron chi connectivity index (χ4n) is 4.37. The Morgan fingerprint density at radius 3 is 1.55 bits per heavy atom. The molecule has 0 heterocycles. The van der Waals surface area contributed by atoms with Crippen LogP contribution >= 0.6 is 7.82 Å². The molecule has 236 valence electrons. The van der Waals surface area contributed by atoms with Crippen LogP contribution in [0.4, 0.5) is 0 Å². The summed E-state index contributed by atoms with van der Waals surface area (Å²) in [7, 11) is -4.73. The molecule has 8 nitrogen and oxygen atoms in total. The largest absolute Gasteiger partial charge is 0.469 e. The Labute approximate surface area is 244 Å². The molecule has 0 amide bonds. The lowest BCUT2D eigenvalue weighted by Gasteiger charge is -2.18. The molecule has 0 bridgehead atoms. The van der Waals surface area contributed by atoms with Crippen LogP contribution in [0.3, 0.4) is 0 Å². The molecule has 40 heavy (non-hydrogen) atoms. The molecule has 9 heteroatoms. The average Bonchev–Trinajstić information content (AvgIpc) is 2.91. The minimum atomic E-state index is -4.73. The van der Waals surface area contributed by atoms with Crippen molar-refractivity contribution >= 4 is 19.8 Å². The first-order valence-electron chi connectivity index (χ1n) is 16.0. The van der Waals surface area contributed by atoms with E-state index < -0.39 is 32.5 Å². The number of esters is 2. The van der Waals surface area contributed by atoms with Gasteiger partial charge in [0, 0.05) is 12.8 Å². The van der Waals surface area contributed by atoms with Crippen molar-refractivity contribution in [3.05, 3.63) is 12.2 Å². The first kappa shape index (κ1) is 38.8. The molecule has 0 saturated carbocycles. The number of carbonyl (C=O) groups excluding carboxylic acids is 2. The molecular formula is C31H59O8P. The number of hydrogen-bond donors (Lipinski definition) is 2. The zero-order valence-corrected chi connectivity index (χ0v) is 26.4. The molecule has 0 aromatic heterocycles. The van der Waals surface area contributed by atoms with Crippen molar-refractivity contribution in [1.29, 1.82) is 0 Å². The van der Waals surface area contributed by atoms with Crippen LogP contribution in [0.2, 0.25) is 0 Å². The third kappa shape index (κ3) is 29.8. The Hall–Kier alpha value is -1.21. The van der Waals surface area contributed by atoms with Gasteiger partial charge < -0.3 is 19.3 Å². The Morgan fingerprint density at radius 1 is 0.625 bits per heavy atom. The predicted molar refractivity (Wildman–Crippen MR) is 161 cm³/mol. The van der Waals surface area contributed by atoms with Gasteiger partial charge in [-0.05, 0) is 38.5 Å². The molecule has 0 aliphatic rings. The van der Waals surface area contributed by atoms with Gasteiger partial charge in [-0.1, -0.05) is 116 Å². The highest BCUT2D eigenvalue weighted by atomic mass is 31.2. The number of allylic oxidation sites excluding steroid dienone is 2. The van der Waals surface area contributed by atoms with E-state index in [1.165, 1.54) is 70.6 Å². The number of unbranched alkanes of at least 4 members (excludes halogenated alkanes) is 17. The predicted octanol–water partition coefficient (Wildman–Crippen LogP) is 8.73. The molecule has 0 radical (unpaired) electrons. The molecule has 0 aromatic carbocycles. The van der Waals surface area contributed by atoms with E-state index in [0.29, 0.717) is 12.8 Å². The number of phosphoric acid groups is 1. The average molecular weight is 591 g/mol. The first-order valence-corrected chi connectivity index (χ1v) is 17.5. The lowest BCUT2D eigenvalue weighted by atomic mass is 10.1. The van der Waals surface area contributed by atoms with Gasteiger partial charge in [-0.2, -0.15) is 0 Å². The van der Waals surface area contributed by atoms with Crippen LogP contribution in [-0.4, -0.2) is 41.0 Å². The van der Waals surface area contributed by atoms with Crippen LogP contribution in [0.1, 0.15) is 155 Å². The number of phosphoric ester groups is 1. The summed E-state index contributed by atoms with van der Waals surface area (Å²) in [6.07, 6.45) is 27.1. The van der Waals surface area contributed by atoms with E-state index in [1.54, 1.807) is 0 Å². The van der Waals surface area contributed by atoms with Crippen LogP contribution in [-0.2, 0) is 28.2 Å². The fraction of sp³-hybridized carbons (Fsp3) is 0.871. The third-order valence-electron chi connectivity index (χ3n) is 6.78. The highest BCUT2D eigenvalue weighted by Gasteiger charge is 2.22. The summed E-state index contributed by atoms with van der Waals surface area (Å²) in [4.78, 5) is 42.0. The highest BCUT2D eigenvalue weighted by Crippen LogP contribution is 2.35. The van der Waals surface area contributed by atoms with E-state index in [-0.39, 0.29) is 19.4 Å². The molecule has 2 N–H and O–H groups in total. The second kappa shape index (κ2) is 27.9. The molecule has 0 rings (SSSR count). The smallest absolute Gasteiger partial charge is 0.462 e. The summed E-state index contributed by atoms with van der Waals surface area (Å²) >= 11 is 0. The normalized spacial score (nSPS) is 12.6. The number of ether oxygens (including phenoxy) is 2. The molecule has 1 unspecified atom stereocenters. The Morgan fingerprint density at radius 2 is 1.05 bits per heavy atom. The monoisotopic (exact) mass is 590 g/mol. The highest BCUT2D eigenvalue weighted by molar-refractivity contribution is 7.46. The third-order valence-corrected chi connectivity index (χ3v) is 7.27. The van der Waals surface area contributed by atoms with Crippen LogP contribution in [0.15, 0.2) is 12.2 Å². The maximum absolute atomic E-state index is 12.2. The maximum Gasteiger partial charge on any atom is 0.469 e. The summed E-state index contributed by atoms with van der Waals surface area (Å²) in [6.45, 7) is 3.52. The van der Waals surface area contributed by atoms with E-state index in [9.17, 15) is 14.2 Å². The zero-order valence-electron chi connectivity index (χ0n) is 25.5. The van der Waals surface area contributed by atoms with E-state index in [0.717, 1.165) is 44.9 Å². The second-order valence-electron chi connectivity index (χ2n) is 10.8. The summed E-state index contributed by atoms with van der Waals surface area (Å²) in [5, 5.41) is 0. The Bertz CT molecular complexity index is 676. The Kier molecular flexibility index (Phi) is 27.1. The van der Waals surface area contributed by atoms with Gasteiger partial charge in [0.05, 0.1) is 6.61 Å². The quantitative estimate of drug-likeness (QED) is 0.0384. The minimum Gasteiger partial charge on any atom is -0.462 e. The van der Waals surface area contributed by atoms with Gasteiger partial charge in [0.15, 0.2) is 6.10 Å². The van der Waals surface area contributed by atoms with Gasteiger partial charge in [-0.15, -0.1) is 0 Å². The van der Waals surface area contributed by atoms with Gasteiger partial charge in [-0.3, -0.25) is 14.1 Å². The second-order valence-corrected chi connectivity index (χ2v) is 12.0. The van der Waals surface area contributed by atoms with Crippen molar-refractivity contribution in [2.45, 2.75) is 161 Å². The van der Waals surface area contributed by atoms with Crippen molar-refractivity contribution in [3.63, 3.8) is 0 Å². The molecule has 0 spiro atoms. The van der Waals surface area contributed by atoms with E-state index in [2.05, 4.69) is 30.5 Å². The lowest BCUT2D eigenvalue weighted by Crippen LogP contribution is -2.29. The summed E-state index contributed by atoms with van der Waals surface area (Å²) in [6, 6.07) is 0. The topological polar surface area (TPSA) is 119 Å². The molecule has 0 saturated heterocycles. The van der Waals surface area contributed by atoms with Gasteiger partial charge in [0.1, 0.15) is 6.61 Å². The van der Waals surface area contributed by atoms with Crippen molar-refractivity contribution < 1.29 is 37.9 Å². The molecule has 0 fully saturated rings. The van der Waals surface area contributed by atoms with E-state index in [4.69, 9.17) is 19.3 Å². The lowest BCUT2D eigenvalue weighted by molar-refractivity contribution is -0.161. The fourth-order valence-corrected chi connectivity index (χ4v) is 4.73. The maximum atomic E-state index is 12.2. The summed E-state index contributed by atoms with van der Waals surface area (Å²) in [5.41, 5.74) is 0. The van der Waals surface area contributed by atoms with Crippen molar-refractivity contribution in [3.8, 4) is 0 Å². The van der Waals surface area contributed by atoms with Crippen LogP contribution in [0.5, 0.6) is 0 Å². The van der Waals surface area contributed by atoms with Crippen LogP contribution < -0.4 is 0 Å². The van der Waals surface area contributed by atoms with Gasteiger partial charge in [0.2, 0.25) is 0 Å². The number of hydrogen-bond acceptors (Lipinski definition) is 6.